The first kappa shape index (κ1) is 14.9. The lowest BCUT2D eigenvalue weighted by Crippen LogP contribution is -2.16. The minimum Gasteiger partial charge on any atom is -0.331 e. The molecule has 0 bridgehead atoms. The molecule has 1 aromatic carbocycles. The van der Waals surface area contributed by atoms with Gasteiger partial charge in [0.1, 0.15) is 0 Å². The van der Waals surface area contributed by atoms with Crippen LogP contribution in [0.3, 0.4) is 0 Å². The molecule has 2 heterocycles. The van der Waals surface area contributed by atoms with Crippen molar-refractivity contribution in [3.8, 4) is 0 Å². The summed E-state index contributed by atoms with van der Waals surface area (Å²) in [6.07, 6.45) is 3.69. The molecule has 2 nitrogen and oxygen atoms in total. The highest BCUT2D eigenvalue weighted by molar-refractivity contribution is 8.07. The number of rotatable bonds is 4. The number of nitrogens with zero attached hydrogens (tertiary/aromatic N) is 2. The Bertz CT molecular complexity index is 690. The molecule has 112 valence electrons. The van der Waals surface area contributed by atoms with Crippen molar-refractivity contribution in [2.45, 2.75) is 20.4 Å². The molecule has 0 amide bonds. The summed E-state index contributed by atoms with van der Waals surface area (Å²) in [5.74, 6) is 0.486. The molecule has 0 fully saturated rings. The van der Waals surface area contributed by atoms with Crippen molar-refractivity contribution < 1.29 is 0 Å². The lowest BCUT2D eigenvalue weighted by Gasteiger charge is -2.23. The zero-order chi connectivity index (χ0) is 15.5. The summed E-state index contributed by atoms with van der Waals surface area (Å²) in [6, 6.07) is 14.7. The fourth-order valence-electron chi connectivity index (χ4n) is 2.61. The Labute approximate surface area is 136 Å². The Morgan fingerprint density at radius 3 is 2.41 bits per heavy atom. The van der Waals surface area contributed by atoms with E-state index >= 15 is 0 Å². The van der Waals surface area contributed by atoms with Gasteiger partial charge in [-0.15, -0.1) is 0 Å². The molecule has 22 heavy (non-hydrogen) atoms. The molecule has 0 saturated heterocycles. The van der Waals surface area contributed by atoms with E-state index in [9.17, 15) is 0 Å². The average molecular weight is 308 g/mol. The summed E-state index contributed by atoms with van der Waals surface area (Å²) < 4.78 is 0. The first-order valence-electron chi connectivity index (χ1n) is 7.49. The SMILES string of the molecule is C=C1SC(C(C)C)=C(c2ccccc2)N1Cc1ccncc1. The molecule has 0 spiro atoms. The van der Waals surface area contributed by atoms with E-state index < -0.39 is 0 Å². The van der Waals surface area contributed by atoms with Crippen LogP contribution in [0.5, 0.6) is 0 Å². The summed E-state index contributed by atoms with van der Waals surface area (Å²) in [5, 5.41) is 1.10. The first-order chi connectivity index (χ1) is 10.7. The third-order valence-corrected chi connectivity index (χ3v) is 5.03. The predicted octanol–water partition coefficient (Wildman–Crippen LogP) is 5.13. The van der Waals surface area contributed by atoms with Gasteiger partial charge < -0.3 is 4.90 Å². The lowest BCUT2D eigenvalue weighted by molar-refractivity contribution is 0.518. The fourth-order valence-corrected chi connectivity index (χ4v) is 3.69. The maximum absolute atomic E-state index is 4.27. The third-order valence-electron chi connectivity index (χ3n) is 3.69. The molecule has 3 rings (SSSR count). The number of hydrogen-bond acceptors (Lipinski definition) is 3. The van der Waals surface area contributed by atoms with Gasteiger partial charge in [0.2, 0.25) is 0 Å². The molecule has 0 unspecified atom stereocenters. The number of aromatic nitrogens is 1. The van der Waals surface area contributed by atoms with Crippen LogP contribution in [0.15, 0.2) is 71.4 Å². The maximum atomic E-state index is 4.27. The molecule has 2 aromatic rings. The van der Waals surface area contributed by atoms with E-state index in [1.165, 1.54) is 21.7 Å². The molecule has 0 radical (unpaired) electrons. The molecule has 1 aliphatic rings. The highest BCUT2D eigenvalue weighted by Crippen LogP contribution is 2.48. The fraction of sp³-hybridized carbons (Fsp3) is 0.211. The van der Waals surface area contributed by atoms with E-state index in [1.807, 2.05) is 12.4 Å². The van der Waals surface area contributed by atoms with Crippen LogP contribution in [0, 0.1) is 5.92 Å². The van der Waals surface area contributed by atoms with Crippen LogP contribution in [-0.4, -0.2) is 9.88 Å². The van der Waals surface area contributed by atoms with E-state index in [4.69, 9.17) is 0 Å². The summed E-state index contributed by atoms with van der Waals surface area (Å²) in [4.78, 5) is 7.82. The number of thioether (sulfide) groups is 1. The topological polar surface area (TPSA) is 16.1 Å². The van der Waals surface area contributed by atoms with Gasteiger partial charge in [0.15, 0.2) is 0 Å². The van der Waals surface area contributed by atoms with Crippen LogP contribution in [-0.2, 0) is 6.54 Å². The Kier molecular flexibility index (Phi) is 4.34. The van der Waals surface area contributed by atoms with Crippen molar-refractivity contribution in [2.24, 2.45) is 5.92 Å². The van der Waals surface area contributed by atoms with Gasteiger partial charge in [-0.1, -0.05) is 62.5 Å². The maximum Gasteiger partial charge on any atom is 0.0728 e. The minimum absolute atomic E-state index is 0.486. The number of allylic oxidation sites excluding steroid dienone is 1. The lowest BCUT2D eigenvalue weighted by atomic mass is 10.1. The monoisotopic (exact) mass is 308 g/mol. The summed E-state index contributed by atoms with van der Waals surface area (Å²) >= 11 is 1.80. The van der Waals surface area contributed by atoms with E-state index in [1.54, 1.807) is 11.8 Å². The zero-order valence-electron chi connectivity index (χ0n) is 13.0. The molecule has 0 N–H and O–H groups in total. The smallest absolute Gasteiger partial charge is 0.0728 e. The second-order valence-electron chi connectivity index (χ2n) is 5.67. The van der Waals surface area contributed by atoms with Crippen LogP contribution in [0.4, 0.5) is 0 Å². The summed E-state index contributed by atoms with van der Waals surface area (Å²) in [6.45, 7) is 9.59. The van der Waals surface area contributed by atoms with Gasteiger partial charge in [0.05, 0.1) is 10.7 Å². The number of benzene rings is 1. The standard InChI is InChI=1S/C19H20N2S/c1-14(2)19-18(17-7-5-4-6-8-17)21(15(3)22-19)13-16-9-11-20-12-10-16/h4-12,14H,3,13H2,1-2H3. The quantitative estimate of drug-likeness (QED) is 0.779. The van der Waals surface area contributed by atoms with Crippen molar-refractivity contribution in [2.75, 3.05) is 0 Å². The Balaban J connectivity index is 2.01. The summed E-state index contributed by atoms with van der Waals surface area (Å²) in [5.41, 5.74) is 3.80. The van der Waals surface area contributed by atoms with Gasteiger partial charge in [-0.05, 0) is 29.2 Å². The number of pyridine rings is 1. The second kappa shape index (κ2) is 6.41. The van der Waals surface area contributed by atoms with Crippen molar-refractivity contribution in [3.63, 3.8) is 0 Å². The molecule has 0 saturated carbocycles. The molecule has 1 aliphatic heterocycles. The first-order valence-corrected chi connectivity index (χ1v) is 8.31. The second-order valence-corrected chi connectivity index (χ2v) is 6.79. The molecule has 0 atom stereocenters. The van der Waals surface area contributed by atoms with Crippen LogP contribution >= 0.6 is 11.8 Å². The van der Waals surface area contributed by atoms with E-state index in [0.717, 1.165) is 11.6 Å². The van der Waals surface area contributed by atoms with Crippen LogP contribution in [0.25, 0.3) is 5.70 Å². The number of hydrogen-bond donors (Lipinski definition) is 0. The third kappa shape index (κ3) is 2.95. The van der Waals surface area contributed by atoms with E-state index in [-0.39, 0.29) is 0 Å². The normalized spacial score (nSPS) is 15.0. The largest absolute Gasteiger partial charge is 0.331 e. The highest BCUT2D eigenvalue weighted by atomic mass is 32.2. The van der Waals surface area contributed by atoms with Gasteiger partial charge >= 0.3 is 0 Å². The molecular formula is C19H20N2S. The van der Waals surface area contributed by atoms with E-state index in [2.05, 4.69) is 72.8 Å². The van der Waals surface area contributed by atoms with Crippen molar-refractivity contribution in [1.82, 2.24) is 9.88 Å². The van der Waals surface area contributed by atoms with Crippen LogP contribution in [0.2, 0.25) is 0 Å². The Hall–Kier alpha value is -2.00. The van der Waals surface area contributed by atoms with Gasteiger partial charge in [-0.2, -0.15) is 0 Å². The van der Waals surface area contributed by atoms with Gasteiger partial charge in [0.25, 0.3) is 0 Å². The van der Waals surface area contributed by atoms with Crippen LogP contribution in [0.1, 0.15) is 25.0 Å². The van der Waals surface area contributed by atoms with Crippen molar-refractivity contribution in [1.29, 1.82) is 0 Å². The van der Waals surface area contributed by atoms with Crippen molar-refractivity contribution in [3.05, 3.63) is 82.5 Å². The minimum atomic E-state index is 0.486. The highest BCUT2D eigenvalue weighted by Gasteiger charge is 2.29. The van der Waals surface area contributed by atoms with E-state index in [0.29, 0.717) is 5.92 Å². The van der Waals surface area contributed by atoms with Gasteiger partial charge in [-0.3, -0.25) is 4.98 Å². The summed E-state index contributed by atoms with van der Waals surface area (Å²) in [7, 11) is 0. The van der Waals surface area contributed by atoms with Crippen LogP contribution < -0.4 is 0 Å². The Morgan fingerprint density at radius 1 is 1.09 bits per heavy atom. The molecular weight excluding hydrogens is 288 g/mol. The predicted molar refractivity (Wildman–Crippen MR) is 94.7 cm³/mol. The average Bonchev–Trinajstić information content (AvgIpc) is 2.86. The Morgan fingerprint density at radius 2 is 1.77 bits per heavy atom. The molecule has 3 heteroatoms. The van der Waals surface area contributed by atoms with Gasteiger partial charge in [-0.25, -0.2) is 0 Å². The van der Waals surface area contributed by atoms with Gasteiger partial charge in [0, 0.05) is 23.8 Å². The van der Waals surface area contributed by atoms with Crippen molar-refractivity contribution >= 4 is 17.5 Å². The molecule has 1 aromatic heterocycles. The zero-order valence-corrected chi connectivity index (χ0v) is 13.8. The molecule has 0 aliphatic carbocycles.